The van der Waals surface area contributed by atoms with Crippen molar-refractivity contribution in [1.82, 2.24) is 4.72 Å². The van der Waals surface area contributed by atoms with Gasteiger partial charge in [-0.2, -0.15) is 11.3 Å². The van der Waals surface area contributed by atoms with Crippen molar-refractivity contribution in [1.29, 1.82) is 0 Å². The van der Waals surface area contributed by atoms with Gasteiger partial charge in [-0.3, -0.25) is 0 Å². The molecular weight excluding hydrogens is 306 g/mol. The van der Waals surface area contributed by atoms with Gasteiger partial charge in [-0.1, -0.05) is 30.3 Å². The average molecular weight is 325 g/mol. The fourth-order valence-corrected chi connectivity index (χ4v) is 3.74. The van der Waals surface area contributed by atoms with Gasteiger partial charge in [0, 0.05) is 6.54 Å². The molecule has 2 aromatic rings. The number of thiophene rings is 1. The topological polar surface area (TPSA) is 66.4 Å². The molecule has 0 unspecified atom stereocenters. The lowest BCUT2D eigenvalue weighted by Gasteiger charge is -2.10. The minimum Gasteiger partial charge on any atom is -0.388 e. The maximum atomic E-state index is 11.9. The van der Waals surface area contributed by atoms with Gasteiger partial charge < -0.3 is 5.11 Å². The molecule has 0 radical (unpaired) electrons. The van der Waals surface area contributed by atoms with E-state index in [0.29, 0.717) is 12.8 Å². The van der Waals surface area contributed by atoms with E-state index in [0.717, 1.165) is 11.1 Å². The molecule has 0 spiro atoms. The molecule has 0 aliphatic heterocycles. The number of aryl methyl sites for hydroxylation is 1. The minimum absolute atomic E-state index is 0.0611. The number of rotatable bonds is 8. The van der Waals surface area contributed by atoms with Crippen molar-refractivity contribution in [3.8, 4) is 0 Å². The van der Waals surface area contributed by atoms with Gasteiger partial charge in [-0.05, 0) is 40.8 Å². The molecule has 0 aliphatic rings. The highest BCUT2D eigenvalue weighted by atomic mass is 32.2. The quantitative estimate of drug-likeness (QED) is 0.783. The second-order valence-corrected chi connectivity index (χ2v) is 7.52. The van der Waals surface area contributed by atoms with Crippen LogP contribution in [0.5, 0.6) is 0 Å². The zero-order chi connectivity index (χ0) is 15.1. The van der Waals surface area contributed by atoms with Crippen LogP contribution in [0.2, 0.25) is 0 Å². The van der Waals surface area contributed by atoms with Crippen LogP contribution in [-0.4, -0.2) is 25.8 Å². The van der Waals surface area contributed by atoms with Crippen LogP contribution in [0.25, 0.3) is 0 Å². The molecular formula is C15H19NO3S2. The maximum Gasteiger partial charge on any atom is 0.211 e. The van der Waals surface area contributed by atoms with Gasteiger partial charge in [0.25, 0.3) is 0 Å². The monoisotopic (exact) mass is 325 g/mol. The van der Waals surface area contributed by atoms with E-state index in [2.05, 4.69) is 4.72 Å². The Hall–Kier alpha value is -1.21. The summed E-state index contributed by atoms with van der Waals surface area (Å²) in [5.41, 5.74) is 1.84. The maximum absolute atomic E-state index is 11.9. The first-order valence-electron chi connectivity index (χ1n) is 6.78. The van der Waals surface area contributed by atoms with E-state index in [1.165, 1.54) is 11.3 Å². The number of hydrogen-bond acceptors (Lipinski definition) is 4. The Morgan fingerprint density at radius 2 is 1.95 bits per heavy atom. The van der Waals surface area contributed by atoms with E-state index < -0.39 is 16.1 Å². The normalized spacial score (nSPS) is 13.2. The lowest BCUT2D eigenvalue weighted by atomic mass is 10.1. The summed E-state index contributed by atoms with van der Waals surface area (Å²) in [5, 5.41) is 13.6. The fourth-order valence-electron chi connectivity index (χ4n) is 1.95. The van der Waals surface area contributed by atoms with E-state index >= 15 is 0 Å². The summed E-state index contributed by atoms with van der Waals surface area (Å²) in [5.74, 6) is 0.0611. The van der Waals surface area contributed by atoms with Crippen molar-refractivity contribution in [3.63, 3.8) is 0 Å². The lowest BCUT2D eigenvalue weighted by Crippen LogP contribution is -2.29. The number of aliphatic hydroxyl groups excluding tert-OH is 1. The number of hydrogen-bond donors (Lipinski definition) is 2. The molecule has 114 valence electrons. The molecule has 6 heteroatoms. The molecule has 0 amide bonds. The largest absolute Gasteiger partial charge is 0.388 e. The van der Waals surface area contributed by atoms with Gasteiger partial charge in [0.1, 0.15) is 0 Å². The molecule has 1 aromatic heterocycles. The predicted octanol–water partition coefficient (Wildman–Crippen LogP) is 2.33. The smallest absolute Gasteiger partial charge is 0.211 e. The molecule has 1 heterocycles. The van der Waals surface area contributed by atoms with E-state index in [1.807, 2.05) is 47.2 Å². The van der Waals surface area contributed by atoms with Crippen LogP contribution in [0, 0.1) is 0 Å². The summed E-state index contributed by atoms with van der Waals surface area (Å²) in [4.78, 5) is 0. The molecule has 1 atom stereocenters. The van der Waals surface area contributed by atoms with Crippen LogP contribution in [0.4, 0.5) is 0 Å². The van der Waals surface area contributed by atoms with Crippen LogP contribution in [0.3, 0.4) is 0 Å². The first-order valence-corrected chi connectivity index (χ1v) is 9.38. The van der Waals surface area contributed by atoms with E-state index in [4.69, 9.17) is 0 Å². The predicted molar refractivity (Wildman–Crippen MR) is 85.8 cm³/mol. The molecule has 0 saturated heterocycles. The highest BCUT2D eigenvalue weighted by molar-refractivity contribution is 7.89. The highest BCUT2D eigenvalue weighted by Crippen LogP contribution is 2.18. The molecule has 0 bridgehead atoms. The number of nitrogens with one attached hydrogen (secondary N) is 1. The lowest BCUT2D eigenvalue weighted by molar-refractivity contribution is 0.169. The Bertz CT molecular complexity index is 624. The number of benzene rings is 1. The summed E-state index contributed by atoms with van der Waals surface area (Å²) < 4.78 is 26.3. The fraction of sp³-hybridized carbons (Fsp3) is 0.333. The van der Waals surface area contributed by atoms with Crippen molar-refractivity contribution in [2.24, 2.45) is 0 Å². The Kier molecular flexibility index (Phi) is 5.93. The van der Waals surface area contributed by atoms with Crippen molar-refractivity contribution in [2.75, 3.05) is 12.3 Å². The molecule has 2 rings (SSSR count). The third-order valence-electron chi connectivity index (χ3n) is 3.17. The minimum atomic E-state index is -3.30. The Morgan fingerprint density at radius 3 is 2.62 bits per heavy atom. The summed E-state index contributed by atoms with van der Waals surface area (Å²) in [6.07, 6.45) is 0.248. The Morgan fingerprint density at radius 1 is 1.19 bits per heavy atom. The first kappa shape index (κ1) is 16.2. The second-order valence-electron chi connectivity index (χ2n) is 4.81. The van der Waals surface area contributed by atoms with Crippen molar-refractivity contribution in [3.05, 3.63) is 58.3 Å². The third kappa shape index (κ3) is 5.59. The molecule has 0 saturated carbocycles. The summed E-state index contributed by atoms with van der Waals surface area (Å²) in [6, 6.07) is 11.4. The SMILES string of the molecule is O=S(=O)(CCc1ccccc1)NCC[C@H](O)c1ccsc1. The van der Waals surface area contributed by atoms with Crippen molar-refractivity contribution in [2.45, 2.75) is 18.9 Å². The molecule has 0 fully saturated rings. The van der Waals surface area contributed by atoms with E-state index in [-0.39, 0.29) is 12.3 Å². The van der Waals surface area contributed by atoms with Gasteiger partial charge in [-0.15, -0.1) is 0 Å². The third-order valence-corrected chi connectivity index (χ3v) is 5.26. The summed E-state index contributed by atoms with van der Waals surface area (Å²) in [7, 11) is -3.30. The van der Waals surface area contributed by atoms with Crippen LogP contribution in [0.15, 0.2) is 47.2 Å². The van der Waals surface area contributed by atoms with Gasteiger partial charge >= 0.3 is 0 Å². The van der Waals surface area contributed by atoms with Crippen LogP contribution in [0.1, 0.15) is 23.7 Å². The van der Waals surface area contributed by atoms with Gasteiger partial charge in [0.15, 0.2) is 0 Å². The summed E-state index contributed by atoms with van der Waals surface area (Å²) in [6.45, 7) is 0.244. The second kappa shape index (κ2) is 7.70. The molecule has 0 aliphatic carbocycles. The van der Waals surface area contributed by atoms with Crippen LogP contribution in [-0.2, 0) is 16.4 Å². The van der Waals surface area contributed by atoms with Crippen LogP contribution >= 0.6 is 11.3 Å². The Balaban J connectivity index is 1.74. The van der Waals surface area contributed by atoms with Gasteiger partial charge in [-0.25, -0.2) is 13.1 Å². The van der Waals surface area contributed by atoms with E-state index in [9.17, 15) is 13.5 Å². The molecule has 4 nitrogen and oxygen atoms in total. The van der Waals surface area contributed by atoms with Gasteiger partial charge in [0.05, 0.1) is 11.9 Å². The molecule has 21 heavy (non-hydrogen) atoms. The Labute approximate surface area is 129 Å². The summed E-state index contributed by atoms with van der Waals surface area (Å²) >= 11 is 1.51. The van der Waals surface area contributed by atoms with E-state index in [1.54, 1.807) is 0 Å². The molecule has 2 N–H and O–H groups in total. The van der Waals surface area contributed by atoms with Crippen molar-refractivity contribution < 1.29 is 13.5 Å². The average Bonchev–Trinajstić information content (AvgIpc) is 3.00. The number of aliphatic hydroxyl groups is 1. The van der Waals surface area contributed by atoms with Gasteiger partial charge in [0.2, 0.25) is 10.0 Å². The zero-order valence-corrected chi connectivity index (χ0v) is 13.2. The standard InChI is InChI=1S/C15H19NO3S2/c17-15(14-7-10-20-12-14)6-9-16-21(18,19)11-8-13-4-2-1-3-5-13/h1-5,7,10,12,15-17H,6,8-9,11H2/t15-/m0/s1. The molecule has 1 aromatic carbocycles. The number of sulfonamides is 1. The van der Waals surface area contributed by atoms with Crippen LogP contribution < -0.4 is 4.72 Å². The first-order chi connectivity index (χ1) is 10.1. The zero-order valence-electron chi connectivity index (χ0n) is 11.6. The van der Waals surface area contributed by atoms with Crippen molar-refractivity contribution >= 4 is 21.4 Å². The highest BCUT2D eigenvalue weighted by Gasteiger charge is 2.12.